The predicted octanol–water partition coefficient (Wildman–Crippen LogP) is 1.51. The van der Waals surface area contributed by atoms with Crippen LogP contribution in [-0.4, -0.2) is 40.7 Å². The van der Waals surface area contributed by atoms with E-state index in [0.29, 0.717) is 31.9 Å². The van der Waals surface area contributed by atoms with Crippen LogP contribution in [0.25, 0.3) is 0 Å². The van der Waals surface area contributed by atoms with E-state index in [4.69, 9.17) is 10.5 Å². The molecule has 2 aromatic rings. The molecule has 0 saturated carbocycles. The Hall–Kier alpha value is -2.83. The van der Waals surface area contributed by atoms with E-state index in [0.717, 1.165) is 17.0 Å². The van der Waals surface area contributed by atoms with Crippen LogP contribution in [0.4, 0.5) is 11.8 Å². The first-order valence-corrected chi connectivity index (χ1v) is 8.28. The quantitative estimate of drug-likeness (QED) is 0.854. The molecule has 130 valence electrons. The van der Waals surface area contributed by atoms with Gasteiger partial charge in [-0.25, -0.2) is 4.98 Å². The molecular formula is C18H20N4O3. The van der Waals surface area contributed by atoms with Crippen LogP contribution in [0.2, 0.25) is 0 Å². The summed E-state index contributed by atoms with van der Waals surface area (Å²) >= 11 is 0. The Morgan fingerprint density at radius 1 is 1.40 bits per heavy atom. The van der Waals surface area contributed by atoms with Gasteiger partial charge < -0.3 is 20.5 Å². The highest BCUT2D eigenvalue weighted by Gasteiger charge is 2.54. The minimum absolute atomic E-state index is 0.131. The smallest absolute Gasteiger partial charge is 0.312 e. The van der Waals surface area contributed by atoms with Gasteiger partial charge in [0.25, 0.3) is 0 Å². The summed E-state index contributed by atoms with van der Waals surface area (Å²) in [6.07, 6.45) is 0.444. The van der Waals surface area contributed by atoms with Crippen molar-refractivity contribution in [1.29, 1.82) is 0 Å². The fraction of sp³-hybridized carbons (Fsp3) is 0.389. The van der Waals surface area contributed by atoms with Gasteiger partial charge in [0.15, 0.2) is 0 Å². The summed E-state index contributed by atoms with van der Waals surface area (Å²) in [6.45, 7) is 3.16. The van der Waals surface area contributed by atoms with Gasteiger partial charge in [-0.3, -0.25) is 4.79 Å². The second kappa shape index (κ2) is 5.61. The van der Waals surface area contributed by atoms with Crippen LogP contribution >= 0.6 is 0 Å². The zero-order valence-corrected chi connectivity index (χ0v) is 14.0. The summed E-state index contributed by atoms with van der Waals surface area (Å²) in [5.41, 5.74) is 6.56. The summed E-state index contributed by atoms with van der Waals surface area (Å²) in [7, 11) is 0. The van der Waals surface area contributed by atoms with E-state index in [9.17, 15) is 9.90 Å². The van der Waals surface area contributed by atoms with Crippen molar-refractivity contribution in [2.45, 2.75) is 13.3 Å². The largest absolute Gasteiger partial charge is 0.493 e. The molecule has 3 N–H and O–H groups in total. The lowest BCUT2D eigenvalue weighted by Crippen LogP contribution is -2.42. The first-order valence-electron chi connectivity index (χ1n) is 8.28. The van der Waals surface area contributed by atoms with Crippen LogP contribution in [0.5, 0.6) is 5.75 Å². The Labute approximate surface area is 145 Å². The minimum atomic E-state index is -0.903. The number of nitrogens with two attached hydrogens (primary N) is 1. The Balaban J connectivity index is 1.72. The molecule has 2 aliphatic rings. The molecule has 7 heteroatoms. The number of rotatable bonds is 2. The molecule has 4 rings (SSSR count). The molecule has 25 heavy (non-hydrogen) atoms. The topological polar surface area (TPSA) is 102 Å². The van der Waals surface area contributed by atoms with E-state index in [1.807, 2.05) is 42.2 Å². The van der Waals surface area contributed by atoms with Gasteiger partial charge in [-0.05, 0) is 25.0 Å². The number of hydrogen-bond acceptors (Lipinski definition) is 6. The Morgan fingerprint density at radius 2 is 2.20 bits per heavy atom. The van der Waals surface area contributed by atoms with Gasteiger partial charge in [0, 0.05) is 30.8 Å². The molecule has 7 nitrogen and oxygen atoms in total. The van der Waals surface area contributed by atoms with Crippen LogP contribution in [0.15, 0.2) is 30.3 Å². The third-order valence-electron chi connectivity index (χ3n) is 5.22. The summed E-state index contributed by atoms with van der Waals surface area (Å²) in [6, 6.07) is 9.51. The minimum Gasteiger partial charge on any atom is -0.493 e. The van der Waals surface area contributed by atoms with Crippen molar-refractivity contribution < 1.29 is 14.6 Å². The van der Waals surface area contributed by atoms with Gasteiger partial charge >= 0.3 is 5.97 Å². The zero-order valence-electron chi connectivity index (χ0n) is 14.0. The molecular weight excluding hydrogens is 320 g/mol. The monoisotopic (exact) mass is 340 g/mol. The van der Waals surface area contributed by atoms with Gasteiger partial charge in [0.2, 0.25) is 5.95 Å². The number of hydrogen-bond donors (Lipinski definition) is 2. The Kier molecular flexibility index (Phi) is 3.52. The number of carboxylic acid groups (broad SMARTS) is 1. The number of para-hydroxylation sites is 1. The molecule has 0 amide bonds. The first-order chi connectivity index (χ1) is 12.0. The third kappa shape index (κ3) is 2.56. The molecule has 1 saturated heterocycles. The number of anilines is 2. The number of nitrogens with zero attached hydrogens (tertiary/aromatic N) is 3. The number of aliphatic carboxylic acids is 1. The zero-order chi connectivity index (χ0) is 17.6. The Bertz CT molecular complexity index is 821. The average Bonchev–Trinajstić information content (AvgIpc) is 2.85. The molecule has 0 radical (unpaired) electrons. The van der Waals surface area contributed by atoms with E-state index < -0.39 is 11.4 Å². The van der Waals surface area contributed by atoms with Crippen LogP contribution in [0, 0.1) is 18.3 Å². The van der Waals surface area contributed by atoms with Crippen molar-refractivity contribution >= 4 is 17.7 Å². The molecule has 2 atom stereocenters. The van der Waals surface area contributed by atoms with Gasteiger partial charge in [0.05, 0.1) is 12.0 Å². The standard InChI is InChI=1S/C18H20N4O3/c1-11-6-15(21-17(19)20-11)22-8-13-9-25-14-5-3-2-4-12(14)7-18(13,10-22)16(23)24/h2-6,13H,7-10H2,1H3,(H,23,24)(H2,19,20,21)/t13-,18+/m0/s1. The molecule has 1 aromatic carbocycles. The molecule has 3 heterocycles. The second-order valence-corrected chi connectivity index (χ2v) is 6.86. The number of aryl methyl sites for hydroxylation is 1. The number of fused-ring (bicyclic) bond motifs is 2. The van der Waals surface area contributed by atoms with Crippen molar-refractivity contribution in [2.24, 2.45) is 11.3 Å². The lowest BCUT2D eigenvalue weighted by atomic mass is 9.74. The van der Waals surface area contributed by atoms with E-state index >= 15 is 0 Å². The summed E-state index contributed by atoms with van der Waals surface area (Å²) < 4.78 is 5.92. The third-order valence-corrected chi connectivity index (χ3v) is 5.22. The number of ether oxygens (including phenoxy) is 1. The number of aromatic nitrogens is 2. The van der Waals surface area contributed by atoms with Gasteiger partial charge in [-0.1, -0.05) is 18.2 Å². The second-order valence-electron chi connectivity index (χ2n) is 6.86. The number of benzene rings is 1. The average molecular weight is 340 g/mol. The molecule has 2 aliphatic heterocycles. The van der Waals surface area contributed by atoms with Crippen molar-refractivity contribution in [3.63, 3.8) is 0 Å². The van der Waals surface area contributed by atoms with Crippen LogP contribution in [-0.2, 0) is 11.2 Å². The van der Waals surface area contributed by atoms with Crippen LogP contribution < -0.4 is 15.4 Å². The maximum atomic E-state index is 12.3. The van der Waals surface area contributed by atoms with Crippen LogP contribution in [0.1, 0.15) is 11.3 Å². The molecule has 0 spiro atoms. The number of carbonyl (C=O) groups is 1. The summed E-state index contributed by atoms with van der Waals surface area (Å²) in [5, 5.41) is 10.1. The van der Waals surface area contributed by atoms with E-state index in [2.05, 4.69) is 9.97 Å². The van der Waals surface area contributed by atoms with Gasteiger partial charge in [0.1, 0.15) is 11.6 Å². The normalized spacial score (nSPS) is 24.8. The highest BCUT2D eigenvalue weighted by Crippen LogP contribution is 2.45. The maximum absolute atomic E-state index is 12.3. The maximum Gasteiger partial charge on any atom is 0.312 e. The fourth-order valence-corrected chi connectivity index (χ4v) is 3.94. The van der Waals surface area contributed by atoms with Crippen molar-refractivity contribution in [2.75, 3.05) is 30.3 Å². The lowest BCUT2D eigenvalue weighted by molar-refractivity contribution is -0.150. The molecule has 1 aromatic heterocycles. The van der Waals surface area contributed by atoms with E-state index in [1.165, 1.54) is 0 Å². The van der Waals surface area contributed by atoms with Crippen molar-refractivity contribution in [3.05, 3.63) is 41.6 Å². The van der Waals surface area contributed by atoms with Crippen molar-refractivity contribution in [1.82, 2.24) is 9.97 Å². The highest BCUT2D eigenvalue weighted by molar-refractivity contribution is 5.78. The van der Waals surface area contributed by atoms with Gasteiger partial charge in [-0.15, -0.1) is 0 Å². The summed E-state index contributed by atoms with van der Waals surface area (Å²) in [5.74, 6) is 0.735. The van der Waals surface area contributed by atoms with Crippen molar-refractivity contribution in [3.8, 4) is 5.75 Å². The highest BCUT2D eigenvalue weighted by atomic mass is 16.5. The molecule has 0 aliphatic carbocycles. The fourth-order valence-electron chi connectivity index (χ4n) is 3.94. The Morgan fingerprint density at radius 3 is 2.96 bits per heavy atom. The molecule has 0 unspecified atom stereocenters. The summed E-state index contributed by atoms with van der Waals surface area (Å²) in [4.78, 5) is 22.7. The van der Waals surface area contributed by atoms with E-state index in [1.54, 1.807) is 0 Å². The molecule has 1 fully saturated rings. The predicted molar refractivity (Wildman–Crippen MR) is 92.6 cm³/mol. The SMILES string of the molecule is Cc1cc(N2C[C@H]3COc4ccccc4C[C@@]3(C(=O)O)C2)nc(N)n1. The van der Waals surface area contributed by atoms with Gasteiger partial charge in [-0.2, -0.15) is 4.98 Å². The van der Waals surface area contributed by atoms with E-state index in [-0.39, 0.29) is 11.9 Å². The van der Waals surface area contributed by atoms with Crippen LogP contribution in [0.3, 0.4) is 0 Å². The first kappa shape index (κ1) is 15.7. The molecule has 0 bridgehead atoms. The lowest BCUT2D eigenvalue weighted by Gasteiger charge is -2.27. The number of nitrogen functional groups attached to an aromatic ring is 1. The number of carboxylic acids is 1.